The molecule has 9 N–H and O–H groups in total. The average molecular weight is 639 g/mol. The second-order valence-corrected chi connectivity index (χ2v) is 12.5. The highest BCUT2D eigenvalue weighted by Crippen LogP contribution is 2.19. The number of imidazole rings is 1. The van der Waals surface area contributed by atoms with E-state index in [1.165, 1.54) is 12.5 Å². The molecule has 0 fully saturated rings. The van der Waals surface area contributed by atoms with Gasteiger partial charge in [-0.05, 0) is 29.4 Å². The summed E-state index contributed by atoms with van der Waals surface area (Å²) in [4.78, 5) is 75.4. The lowest BCUT2D eigenvalue weighted by molar-refractivity contribution is -0.142. The Hall–Kier alpha value is -4.72. The third-order valence-electron chi connectivity index (χ3n) is 7.84. The number of rotatable bonds is 16. The normalized spacial score (nSPS) is 14.8. The van der Waals surface area contributed by atoms with Crippen LogP contribution in [0.3, 0.4) is 0 Å². The summed E-state index contributed by atoms with van der Waals surface area (Å²) < 4.78 is 0. The molecule has 250 valence electrons. The zero-order valence-electron chi connectivity index (χ0n) is 27.1. The van der Waals surface area contributed by atoms with Gasteiger partial charge in [-0.3, -0.25) is 19.2 Å². The number of para-hydroxylation sites is 1. The Labute approximate surface area is 268 Å². The molecule has 0 aliphatic heterocycles. The van der Waals surface area contributed by atoms with Crippen LogP contribution in [0.25, 0.3) is 10.9 Å². The predicted octanol–water partition coefficient (Wildman–Crippen LogP) is 0.995. The van der Waals surface area contributed by atoms with Gasteiger partial charge < -0.3 is 42.1 Å². The molecule has 0 saturated heterocycles. The number of nitrogens with two attached hydrogens (primary N) is 1. The fourth-order valence-corrected chi connectivity index (χ4v) is 4.95. The second kappa shape index (κ2) is 16.0. The number of hydrogen-bond acceptors (Lipinski definition) is 7. The van der Waals surface area contributed by atoms with Crippen molar-refractivity contribution >= 4 is 40.5 Å². The topological polar surface area (TPSA) is 224 Å². The highest BCUT2D eigenvalue weighted by Gasteiger charge is 2.34. The summed E-state index contributed by atoms with van der Waals surface area (Å²) in [7, 11) is 0. The van der Waals surface area contributed by atoms with Gasteiger partial charge in [-0.2, -0.15) is 0 Å². The number of carbonyl (C=O) groups is 5. The van der Waals surface area contributed by atoms with Crippen LogP contribution in [0, 0.1) is 17.8 Å². The van der Waals surface area contributed by atoms with Crippen molar-refractivity contribution in [3.8, 4) is 0 Å². The first-order valence-corrected chi connectivity index (χ1v) is 15.4. The van der Waals surface area contributed by atoms with Crippen molar-refractivity contribution in [1.29, 1.82) is 0 Å². The standard InChI is InChI=1S/C32H46N8O6/c1-16(2)25(33)29(42)37-23(12-20-14-34-15-36-20)28(41)39-27(18(5)6)31(44)40-26(17(3)4)30(43)38-24(32(45)46)11-19-13-35-22-10-8-7-9-21(19)22/h7-10,13-18,23-27,35H,11-12,33H2,1-6H3,(H,34,36)(H,37,42)(H,38,43)(H,39,41)(H,40,44)(H,45,46)/t23-,24-,25-,26-,27-/m0/s1. The quantitative estimate of drug-likeness (QED) is 0.113. The molecule has 5 atom stereocenters. The van der Waals surface area contributed by atoms with Gasteiger partial charge in [0.2, 0.25) is 23.6 Å². The maximum absolute atomic E-state index is 13.6. The first kappa shape index (κ1) is 35.8. The van der Waals surface area contributed by atoms with Crippen molar-refractivity contribution in [1.82, 2.24) is 36.2 Å². The maximum atomic E-state index is 13.6. The maximum Gasteiger partial charge on any atom is 0.326 e. The molecular formula is C32H46N8O6. The number of H-pyrrole nitrogens is 2. The number of aromatic amines is 2. The van der Waals surface area contributed by atoms with Gasteiger partial charge in [0.15, 0.2) is 0 Å². The predicted molar refractivity (Wildman–Crippen MR) is 172 cm³/mol. The minimum absolute atomic E-state index is 0.0262. The monoisotopic (exact) mass is 638 g/mol. The minimum Gasteiger partial charge on any atom is -0.480 e. The Morgan fingerprint density at radius 1 is 0.761 bits per heavy atom. The first-order valence-electron chi connectivity index (χ1n) is 15.4. The molecule has 2 heterocycles. The van der Waals surface area contributed by atoms with Crippen molar-refractivity contribution in [2.75, 3.05) is 0 Å². The summed E-state index contributed by atoms with van der Waals surface area (Å²) >= 11 is 0. The molecular weight excluding hydrogens is 592 g/mol. The molecule has 2 aromatic heterocycles. The molecule has 0 aliphatic rings. The molecule has 4 amide bonds. The first-order chi connectivity index (χ1) is 21.7. The van der Waals surface area contributed by atoms with Gasteiger partial charge in [0.05, 0.1) is 12.4 Å². The third-order valence-corrected chi connectivity index (χ3v) is 7.84. The minimum atomic E-state index is -1.26. The summed E-state index contributed by atoms with van der Waals surface area (Å²) in [5.74, 6) is -4.66. The van der Waals surface area contributed by atoms with Gasteiger partial charge in [0.25, 0.3) is 0 Å². The summed E-state index contributed by atoms with van der Waals surface area (Å²) in [5, 5.41) is 21.5. The smallest absolute Gasteiger partial charge is 0.326 e. The Kier molecular flexibility index (Phi) is 12.5. The Morgan fingerprint density at radius 3 is 1.91 bits per heavy atom. The lowest BCUT2D eigenvalue weighted by Crippen LogP contribution is -2.61. The summed E-state index contributed by atoms with van der Waals surface area (Å²) in [6, 6.07) is 2.08. The number of hydrogen-bond donors (Lipinski definition) is 8. The number of fused-ring (bicyclic) bond motifs is 1. The Balaban J connectivity index is 1.74. The van der Waals surface area contributed by atoms with Crippen molar-refractivity contribution in [2.45, 2.75) is 84.6 Å². The SMILES string of the molecule is CC(C)[C@H](N)C(=O)N[C@@H](Cc1cnc[nH]1)C(=O)N[C@H](C(=O)N[C@H](C(=O)N[C@@H](Cc1c[nH]c2ccccc12)C(=O)O)C(C)C)C(C)C. The number of aliphatic carboxylic acids is 1. The highest BCUT2D eigenvalue weighted by atomic mass is 16.4. The summed E-state index contributed by atoms with van der Waals surface area (Å²) in [5.41, 5.74) is 8.15. The van der Waals surface area contributed by atoms with Crippen LogP contribution in [0.5, 0.6) is 0 Å². The van der Waals surface area contributed by atoms with Gasteiger partial charge in [-0.25, -0.2) is 9.78 Å². The molecule has 3 rings (SSSR count). The van der Waals surface area contributed by atoms with Crippen LogP contribution in [0.1, 0.15) is 52.8 Å². The van der Waals surface area contributed by atoms with E-state index in [1.807, 2.05) is 24.3 Å². The van der Waals surface area contributed by atoms with E-state index in [0.29, 0.717) is 5.69 Å². The summed E-state index contributed by atoms with van der Waals surface area (Å²) in [6.45, 7) is 10.5. The number of benzene rings is 1. The van der Waals surface area contributed by atoms with E-state index in [-0.39, 0.29) is 18.8 Å². The molecule has 14 heteroatoms. The number of amides is 4. The van der Waals surface area contributed by atoms with Crippen LogP contribution < -0.4 is 27.0 Å². The van der Waals surface area contributed by atoms with Crippen molar-refractivity contribution < 1.29 is 29.1 Å². The van der Waals surface area contributed by atoms with E-state index in [4.69, 9.17) is 5.73 Å². The fraction of sp³-hybridized carbons (Fsp3) is 0.500. The number of nitrogens with one attached hydrogen (secondary N) is 6. The lowest BCUT2D eigenvalue weighted by atomic mass is 9.98. The van der Waals surface area contributed by atoms with Crippen molar-refractivity contribution in [3.05, 3.63) is 54.2 Å². The van der Waals surface area contributed by atoms with E-state index >= 15 is 0 Å². The molecule has 0 spiro atoms. The van der Waals surface area contributed by atoms with E-state index < -0.39 is 71.6 Å². The van der Waals surface area contributed by atoms with Crippen LogP contribution in [-0.2, 0) is 36.8 Å². The molecule has 14 nitrogen and oxygen atoms in total. The van der Waals surface area contributed by atoms with Crippen LogP contribution >= 0.6 is 0 Å². The molecule has 0 radical (unpaired) electrons. The van der Waals surface area contributed by atoms with E-state index in [1.54, 1.807) is 47.7 Å². The number of carbonyl (C=O) groups excluding carboxylic acids is 4. The lowest BCUT2D eigenvalue weighted by Gasteiger charge is -2.29. The zero-order chi connectivity index (χ0) is 34.1. The van der Waals surface area contributed by atoms with Crippen molar-refractivity contribution in [2.24, 2.45) is 23.5 Å². The molecule has 0 saturated carbocycles. The fourth-order valence-electron chi connectivity index (χ4n) is 4.95. The van der Waals surface area contributed by atoms with E-state index in [0.717, 1.165) is 16.5 Å². The number of nitrogens with zero attached hydrogens (tertiary/aromatic N) is 1. The molecule has 46 heavy (non-hydrogen) atoms. The Morgan fingerprint density at radius 2 is 1.35 bits per heavy atom. The second-order valence-electron chi connectivity index (χ2n) is 12.5. The third kappa shape index (κ3) is 9.39. The van der Waals surface area contributed by atoms with Gasteiger partial charge in [0, 0.05) is 41.8 Å². The number of carboxylic acid groups (broad SMARTS) is 1. The van der Waals surface area contributed by atoms with Gasteiger partial charge in [-0.1, -0.05) is 59.7 Å². The molecule has 0 unspecified atom stereocenters. The van der Waals surface area contributed by atoms with Gasteiger partial charge >= 0.3 is 5.97 Å². The van der Waals surface area contributed by atoms with Crippen LogP contribution in [0.2, 0.25) is 0 Å². The summed E-state index contributed by atoms with van der Waals surface area (Å²) in [6.07, 6.45) is 4.78. The number of aromatic nitrogens is 3. The average Bonchev–Trinajstić information content (AvgIpc) is 3.66. The van der Waals surface area contributed by atoms with Gasteiger partial charge in [-0.15, -0.1) is 0 Å². The Bertz CT molecular complexity index is 1500. The van der Waals surface area contributed by atoms with E-state index in [2.05, 4.69) is 36.2 Å². The largest absolute Gasteiger partial charge is 0.480 e. The van der Waals surface area contributed by atoms with E-state index in [9.17, 15) is 29.1 Å². The van der Waals surface area contributed by atoms with Crippen LogP contribution in [0.15, 0.2) is 43.0 Å². The zero-order valence-corrected chi connectivity index (χ0v) is 27.1. The van der Waals surface area contributed by atoms with Crippen LogP contribution in [0.4, 0.5) is 0 Å². The highest BCUT2D eigenvalue weighted by molar-refractivity contribution is 5.96. The molecule has 1 aromatic carbocycles. The molecule has 0 bridgehead atoms. The molecule has 3 aromatic rings. The molecule has 0 aliphatic carbocycles. The number of carboxylic acids is 1. The van der Waals surface area contributed by atoms with Crippen LogP contribution in [-0.4, -0.2) is 79.9 Å². The van der Waals surface area contributed by atoms with Crippen molar-refractivity contribution in [3.63, 3.8) is 0 Å². The van der Waals surface area contributed by atoms with Gasteiger partial charge in [0.1, 0.15) is 24.2 Å².